The number of nitrogens with zero attached hydrogens (tertiary/aromatic N) is 3. The summed E-state index contributed by atoms with van der Waals surface area (Å²) < 4.78 is 0. The summed E-state index contributed by atoms with van der Waals surface area (Å²) in [4.78, 5) is 14.1. The summed E-state index contributed by atoms with van der Waals surface area (Å²) in [6.07, 6.45) is 0.981. The van der Waals surface area contributed by atoms with Gasteiger partial charge in [0, 0.05) is 10.7 Å². The number of nitrogens with one attached hydrogen (secondary N) is 1. The zero-order valence-corrected chi connectivity index (χ0v) is 16.5. The van der Waals surface area contributed by atoms with Crippen LogP contribution in [0.4, 0.5) is 5.69 Å². The van der Waals surface area contributed by atoms with Crippen molar-refractivity contribution in [1.29, 1.82) is 0 Å². The number of hydrogen-bond acceptors (Lipinski definition) is 3. The van der Waals surface area contributed by atoms with E-state index in [-0.39, 0.29) is 5.91 Å². The van der Waals surface area contributed by atoms with Gasteiger partial charge in [-0.3, -0.25) is 4.79 Å². The van der Waals surface area contributed by atoms with E-state index in [0.717, 1.165) is 17.6 Å². The summed E-state index contributed by atoms with van der Waals surface area (Å²) >= 11 is 12.1. The van der Waals surface area contributed by atoms with Gasteiger partial charge in [0.2, 0.25) is 0 Å². The fourth-order valence-corrected chi connectivity index (χ4v) is 3.22. The molecule has 1 amide bonds. The molecule has 3 aromatic carbocycles. The molecule has 0 spiro atoms. The minimum Gasteiger partial charge on any atom is -0.322 e. The standard InChI is InChI=1S/C21H16Cl2N4O/c1-2-13-3-7-16(8-4-13)27-25-19-10-6-15(12-20(19)26-27)24-21(28)17-11-14(22)5-9-18(17)23/h3-12H,2H2,1H3,(H,24,28). The van der Waals surface area contributed by atoms with Gasteiger partial charge in [0.1, 0.15) is 11.0 Å². The normalized spacial score (nSPS) is 11.0. The summed E-state index contributed by atoms with van der Waals surface area (Å²) in [6.45, 7) is 2.11. The first-order valence-corrected chi connectivity index (χ1v) is 9.52. The maximum atomic E-state index is 12.5. The van der Waals surface area contributed by atoms with E-state index in [4.69, 9.17) is 23.2 Å². The molecule has 28 heavy (non-hydrogen) atoms. The molecule has 0 bridgehead atoms. The zero-order chi connectivity index (χ0) is 19.7. The number of carbonyl (C=O) groups excluding carboxylic acids is 1. The van der Waals surface area contributed by atoms with Crippen LogP contribution >= 0.6 is 23.2 Å². The van der Waals surface area contributed by atoms with Crippen molar-refractivity contribution >= 4 is 45.8 Å². The van der Waals surface area contributed by atoms with Crippen LogP contribution in [0.15, 0.2) is 60.7 Å². The molecule has 0 saturated heterocycles. The second-order valence-corrected chi connectivity index (χ2v) is 7.13. The molecular weight excluding hydrogens is 395 g/mol. The topological polar surface area (TPSA) is 59.8 Å². The number of rotatable bonds is 4. The number of fused-ring (bicyclic) bond motifs is 1. The van der Waals surface area contributed by atoms with E-state index in [1.54, 1.807) is 29.1 Å². The van der Waals surface area contributed by atoms with Crippen molar-refractivity contribution in [3.63, 3.8) is 0 Å². The fourth-order valence-electron chi connectivity index (χ4n) is 2.84. The quantitative estimate of drug-likeness (QED) is 0.480. The molecule has 0 fully saturated rings. The van der Waals surface area contributed by atoms with Gasteiger partial charge in [-0.05, 0) is 60.5 Å². The van der Waals surface area contributed by atoms with Crippen molar-refractivity contribution in [2.75, 3.05) is 5.32 Å². The summed E-state index contributed by atoms with van der Waals surface area (Å²) in [7, 11) is 0. The predicted molar refractivity (Wildman–Crippen MR) is 113 cm³/mol. The molecule has 5 nitrogen and oxygen atoms in total. The van der Waals surface area contributed by atoms with E-state index in [0.29, 0.717) is 26.8 Å². The Labute approximate surface area is 171 Å². The van der Waals surface area contributed by atoms with E-state index in [1.807, 2.05) is 18.2 Å². The van der Waals surface area contributed by atoms with Crippen molar-refractivity contribution in [2.24, 2.45) is 0 Å². The third kappa shape index (κ3) is 3.72. The lowest BCUT2D eigenvalue weighted by molar-refractivity contribution is 0.102. The van der Waals surface area contributed by atoms with Gasteiger partial charge in [0.05, 0.1) is 16.3 Å². The van der Waals surface area contributed by atoms with E-state index in [1.165, 1.54) is 11.6 Å². The van der Waals surface area contributed by atoms with E-state index in [9.17, 15) is 4.79 Å². The van der Waals surface area contributed by atoms with Crippen LogP contribution in [0.25, 0.3) is 16.7 Å². The average molecular weight is 411 g/mol. The molecule has 1 N–H and O–H groups in total. The molecule has 0 aliphatic rings. The Morgan fingerprint density at radius 3 is 2.46 bits per heavy atom. The van der Waals surface area contributed by atoms with Crippen LogP contribution < -0.4 is 5.32 Å². The number of halogens is 2. The smallest absolute Gasteiger partial charge is 0.257 e. The van der Waals surface area contributed by atoms with Gasteiger partial charge in [-0.2, -0.15) is 4.80 Å². The van der Waals surface area contributed by atoms with Gasteiger partial charge in [-0.25, -0.2) is 0 Å². The van der Waals surface area contributed by atoms with Gasteiger partial charge in [-0.1, -0.05) is 42.3 Å². The van der Waals surface area contributed by atoms with Crippen LogP contribution in [0.5, 0.6) is 0 Å². The maximum absolute atomic E-state index is 12.5. The van der Waals surface area contributed by atoms with Gasteiger partial charge < -0.3 is 5.32 Å². The molecule has 1 heterocycles. The number of amides is 1. The maximum Gasteiger partial charge on any atom is 0.257 e. The minimum absolute atomic E-state index is 0.314. The number of aromatic nitrogens is 3. The average Bonchev–Trinajstić information content (AvgIpc) is 3.13. The second kappa shape index (κ2) is 7.62. The first-order valence-electron chi connectivity index (χ1n) is 8.76. The number of aryl methyl sites for hydroxylation is 1. The Kier molecular flexibility index (Phi) is 5.03. The fraction of sp³-hybridized carbons (Fsp3) is 0.0952. The van der Waals surface area contributed by atoms with Gasteiger partial charge in [-0.15, -0.1) is 10.2 Å². The van der Waals surface area contributed by atoms with Crippen molar-refractivity contribution in [2.45, 2.75) is 13.3 Å². The van der Waals surface area contributed by atoms with Gasteiger partial charge in [0.25, 0.3) is 5.91 Å². The lowest BCUT2D eigenvalue weighted by Crippen LogP contribution is -2.12. The third-order valence-corrected chi connectivity index (χ3v) is 4.95. The molecule has 4 rings (SSSR count). The molecule has 0 aliphatic carbocycles. The van der Waals surface area contributed by atoms with Crippen molar-refractivity contribution in [3.05, 3.63) is 81.8 Å². The Morgan fingerprint density at radius 1 is 0.964 bits per heavy atom. The highest BCUT2D eigenvalue weighted by atomic mass is 35.5. The van der Waals surface area contributed by atoms with Gasteiger partial charge in [0.15, 0.2) is 0 Å². The zero-order valence-electron chi connectivity index (χ0n) is 15.0. The third-order valence-electron chi connectivity index (χ3n) is 4.39. The van der Waals surface area contributed by atoms with Crippen molar-refractivity contribution in [3.8, 4) is 5.69 Å². The Bertz CT molecular complexity index is 1170. The molecule has 4 aromatic rings. The van der Waals surface area contributed by atoms with Crippen molar-refractivity contribution in [1.82, 2.24) is 15.0 Å². The Balaban J connectivity index is 1.60. The van der Waals surface area contributed by atoms with Crippen LogP contribution in [0, 0.1) is 0 Å². The second-order valence-electron chi connectivity index (χ2n) is 6.29. The Morgan fingerprint density at radius 2 is 1.71 bits per heavy atom. The molecule has 7 heteroatoms. The molecular formula is C21H16Cl2N4O. The van der Waals surface area contributed by atoms with Crippen LogP contribution in [-0.4, -0.2) is 20.9 Å². The molecule has 0 saturated carbocycles. The van der Waals surface area contributed by atoms with Crippen LogP contribution in [0.3, 0.4) is 0 Å². The monoisotopic (exact) mass is 410 g/mol. The van der Waals surface area contributed by atoms with E-state index >= 15 is 0 Å². The van der Waals surface area contributed by atoms with E-state index in [2.05, 4.69) is 34.6 Å². The molecule has 1 aromatic heterocycles. The highest BCUT2D eigenvalue weighted by molar-refractivity contribution is 6.36. The first kappa shape index (κ1) is 18.5. The summed E-state index contributed by atoms with van der Waals surface area (Å²) in [6, 6.07) is 18.2. The Hall–Kier alpha value is -2.89. The van der Waals surface area contributed by atoms with Gasteiger partial charge >= 0.3 is 0 Å². The lowest BCUT2D eigenvalue weighted by Gasteiger charge is -2.07. The summed E-state index contributed by atoms with van der Waals surface area (Å²) in [5.41, 5.74) is 4.46. The number of benzene rings is 3. The highest BCUT2D eigenvalue weighted by Gasteiger charge is 2.13. The molecule has 0 atom stereocenters. The predicted octanol–water partition coefficient (Wildman–Crippen LogP) is 5.54. The molecule has 0 unspecified atom stereocenters. The largest absolute Gasteiger partial charge is 0.322 e. The summed E-state index contributed by atoms with van der Waals surface area (Å²) in [5.74, 6) is -0.339. The van der Waals surface area contributed by atoms with Crippen LogP contribution in [0.1, 0.15) is 22.8 Å². The first-order chi connectivity index (χ1) is 13.5. The number of carbonyl (C=O) groups is 1. The van der Waals surface area contributed by atoms with Crippen molar-refractivity contribution < 1.29 is 4.79 Å². The van der Waals surface area contributed by atoms with Crippen LogP contribution in [0.2, 0.25) is 10.0 Å². The number of hydrogen-bond donors (Lipinski definition) is 1. The minimum atomic E-state index is -0.339. The molecule has 0 radical (unpaired) electrons. The summed E-state index contributed by atoms with van der Waals surface area (Å²) in [5, 5.41) is 12.6. The lowest BCUT2D eigenvalue weighted by atomic mass is 10.2. The van der Waals surface area contributed by atoms with E-state index < -0.39 is 0 Å². The van der Waals surface area contributed by atoms with Crippen LogP contribution in [-0.2, 0) is 6.42 Å². The molecule has 140 valence electrons. The SMILES string of the molecule is CCc1ccc(-n2nc3ccc(NC(=O)c4cc(Cl)ccc4Cl)cc3n2)cc1. The molecule has 0 aliphatic heterocycles. The highest BCUT2D eigenvalue weighted by Crippen LogP contribution is 2.23. The number of anilines is 1.